The first kappa shape index (κ1) is 20.2. The molecule has 28 heavy (non-hydrogen) atoms. The van der Waals surface area contributed by atoms with Crippen molar-refractivity contribution < 1.29 is 9.53 Å². The van der Waals surface area contributed by atoms with Crippen molar-refractivity contribution in [1.82, 2.24) is 9.80 Å². The quantitative estimate of drug-likeness (QED) is 0.738. The average molecular weight is 382 g/mol. The summed E-state index contributed by atoms with van der Waals surface area (Å²) in [7, 11) is 1.89. The number of carbonyl (C=O) groups is 1. The monoisotopic (exact) mass is 381 g/mol. The van der Waals surface area contributed by atoms with Gasteiger partial charge in [0, 0.05) is 39.8 Å². The number of para-hydroxylation sites is 2. The maximum atomic E-state index is 12.9. The van der Waals surface area contributed by atoms with E-state index in [2.05, 4.69) is 34.1 Å². The van der Waals surface area contributed by atoms with Gasteiger partial charge in [-0.3, -0.25) is 9.69 Å². The molecule has 0 aliphatic carbocycles. The number of rotatable bonds is 7. The zero-order chi connectivity index (χ0) is 19.9. The normalized spacial score (nSPS) is 15.9. The van der Waals surface area contributed by atoms with Crippen LogP contribution in [0.4, 0.5) is 5.69 Å². The lowest BCUT2D eigenvalue weighted by Crippen LogP contribution is -2.54. The van der Waals surface area contributed by atoms with E-state index >= 15 is 0 Å². The molecular weight excluding hydrogens is 350 g/mol. The van der Waals surface area contributed by atoms with Gasteiger partial charge in [-0.1, -0.05) is 42.5 Å². The molecule has 150 valence electrons. The van der Waals surface area contributed by atoms with Crippen molar-refractivity contribution in [2.24, 2.45) is 0 Å². The lowest BCUT2D eigenvalue weighted by atomic mass is 10.1. The van der Waals surface area contributed by atoms with E-state index in [1.54, 1.807) is 0 Å². The van der Waals surface area contributed by atoms with Crippen LogP contribution in [0.1, 0.15) is 19.4 Å². The Morgan fingerprint density at radius 1 is 1.04 bits per heavy atom. The summed E-state index contributed by atoms with van der Waals surface area (Å²) in [6.07, 6.45) is 0. The summed E-state index contributed by atoms with van der Waals surface area (Å²) in [5, 5.41) is 0. The predicted octanol–water partition coefficient (Wildman–Crippen LogP) is 3.25. The molecule has 1 atom stereocenters. The van der Waals surface area contributed by atoms with Crippen LogP contribution in [0.15, 0.2) is 54.6 Å². The molecule has 1 aliphatic rings. The topological polar surface area (TPSA) is 36.0 Å². The smallest absolute Gasteiger partial charge is 0.239 e. The highest BCUT2D eigenvalue weighted by Gasteiger charge is 2.28. The SMILES string of the molecule is CCOc1ccccc1N1CCN(C(C)C(=O)N(C)Cc2ccccc2)CC1. The van der Waals surface area contributed by atoms with E-state index in [4.69, 9.17) is 4.74 Å². The van der Waals surface area contributed by atoms with Crippen molar-refractivity contribution in [2.45, 2.75) is 26.4 Å². The van der Waals surface area contributed by atoms with E-state index in [9.17, 15) is 4.79 Å². The highest BCUT2D eigenvalue weighted by atomic mass is 16.5. The van der Waals surface area contributed by atoms with Gasteiger partial charge in [0.05, 0.1) is 18.3 Å². The highest BCUT2D eigenvalue weighted by molar-refractivity contribution is 5.81. The molecule has 5 nitrogen and oxygen atoms in total. The minimum Gasteiger partial charge on any atom is -0.492 e. The van der Waals surface area contributed by atoms with Crippen LogP contribution in [0, 0.1) is 0 Å². The van der Waals surface area contributed by atoms with Crippen LogP contribution in [0.3, 0.4) is 0 Å². The van der Waals surface area contributed by atoms with Crippen LogP contribution in [-0.2, 0) is 11.3 Å². The molecule has 0 spiro atoms. The van der Waals surface area contributed by atoms with Crippen molar-refractivity contribution in [1.29, 1.82) is 0 Å². The van der Waals surface area contributed by atoms with E-state index in [0.29, 0.717) is 13.2 Å². The molecule has 5 heteroatoms. The fourth-order valence-electron chi connectivity index (χ4n) is 3.76. The van der Waals surface area contributed by atoms with Gasteiger partial charge in [-0.05, 0) is 31.5 Å². The summed E-state index contributed by atoms with van der Waals surface area (Å²) < 4.78 is 5.77. The minimum absolute atomic E-state index is 0.113. The van der Waals surface area contributed by atoms with Gasteiger partial charge in [0.2, 0.25) is 5.91 Å². The summed E-state index contributed by atoms with van der Waals surface area (Å²) in [5.74, 6) is 1.11. The number of likely N-dealkylation sites (N-methyl/N-ethyl adjacent to an activating group) is 1. The number of nitrogens with zero attached hydrogens (tertiary/aromatic N) is 3. The number of benzene rings is 2. The molecule has 1 heterocycles. The average Bonchev–Trinajstić information content (AvgIpc) is 2.74. The summed E-state index contributed by atoms with van der Waals surface area (Å²) in [6, 6.07) is 18.2. The van der Waals surface area contributed by atoms with Gasteiger partial charge in [-0.25, -0.2) is 0 Å². The van der Waals surface area contributed by atoms with Gasteiger partial charge in [0.15, 0.2) is 0 Å². The molecule has 1 amide bonds. The molecule has 0 aromatic heterocycles. The molecule has 2 aromatic carbocycles. The Morgan fingerprint density at radius 3 is 2.36 bits per heavy atom. The summed E-state index contributed by atoms with van der Waals surface area (Å²) in [6.45, 7) is 8.86. The van der Waals surface area contributed by atoms with Crippen LogP contribution >= 0.6 is 0 Å². The van der Waals surface area contributed by atoms with Gasteiger partial charge < -0.3 is 14.5 Å². The second kappa shape index (κ2) is 9.60. The second-order valence-electron chi connectivity index (χ2n) is 7.28. The standard InChI is InChI=1S/C23H31N3O2/c1-4-28-22-13-9-8-12-21(22)26-16-14-25(15-17-26)19(2)23(27)24(3)18-20-10-6-5-7-11-20/h5-13,19H,4,14-18H2,1-3H3. The van der Waals surface area contributed by atoms with Gasteiger partial charge in [0.25, 0.3) is 0 Å². The first-order chi connectivity index (χ1) is 13.6. The number of hydrogen-bond donors (Lipinski definition) is 0. The van der Waals surface area contributed by atoms with E-state index in [-0.39, 0.29) is 11.9 Å². The molecule has 0 N–H and O–H groups in total. The van der Waals surface area contributed by atoms with Crippen molar-refractivity contribution in [3.63, 3.8) is 0 Å². The van der Waals surface area contributed by atoms with Gasteiger partial charge >= 0.3 is 0 Å². The zero-order valence-corrected chi connectivity index (χ0v) is 17.2. The van der Waals surface area contributed by atoms with E-state index < -0.39 is 0 Å². The Bertz CT molecular complexity index is 757. The highest BCUT2D eigenvalue weighted by Crippen LogP contribution is 2.29. The van der Waals surface area contributed by atoms with Crippen LogP contribution in [0.25, 0.3) is 0 Å². The summed E-state index contributed by atoms with van der Waals surface area (Å²) in [5.41, 5.74) is 2.30. The van der Waals surface area contributed by atoms with Gasteiger partial charge in [0.1, 0.15) is 5.75 Å². The lowest BCUT2D eigenvalue weighted by Gasteiger charge is -2.39. The number of carbonyl (C=O) groups excluding carboxylic acids is 1. The Kier molecular flexibility index (Phi) is 6.93. The first-order valence-corrected chi connectivity index (χ1v) is 10.1. The molecule has 0 radical (unpaired) electrons. The predicted molar refractivity (Wildman–Crippen MR) is 114 cm³/mol. The molecule has 2 aromatic rings. The van der Waals surface area contributed by atoms with Crippen molar-refractivity contribution >= 4 is 11.6 Å². The fourth-order valence-corrected chi connectivity index (χ4v) is 3.76. The number of ether oxygens (including phenoxy) is 1. The molecule has 1 fully saturated rings. The van der Waals surface area contributed by atoms with E-state index in [1.165, 1.54) is 0 Å². The molecule has 0 saturated carbocycles. The van der Waals surface area contributed by atoms with Crippen molar-refractivity contribution in [2.75, 3.05) is 44.7 Å². The van der Waals surface area contributed by atoms with Crippen LogP contribution < -0.4 is 9.64 Å². The fraction of sp³-hybridized carbons (Fsp3) is 0.435. The number of amides is 1. The largest absolute Gasteiger partial charge is 0.492 e. The number of anilines is 1. The number of piperazine rings is 1. The minimum atomic E-state index is -0.113. The molecule has 1 saturated heterocycles. The molecule has 1 aliphatic heterocycles. The third-order valence-corrected chi connectivity index (χ3v) is 5.36. The Morgan fingerprint density at radius 2 is 1.68 bits per heavy atom. The lowest BCUT2D eigenvalue weighted by molar-refractivity contribution is -0.135. The van der Waals surface area contributed by atoms with Crippen molar-refractivity contribution in [3.8, 4) is 5.75 Å². The summed E-state index contributed by atoms with van der Waals surface area (Å²) in [4.78, 5) is 19.4. The molecular formula is C23H31N3O2. The molecule has 0 bridgehead atoms. The maximum Gasteiger partial charge on any atom is 0.239 e. The Labute approximate surface area is 168 Å². The zero-order valence-electron chi connectivity index (χ0n) is 17.2. The second-order valence-corrected chi connectivity index (χ2v) is 7.28. The van der Waals surface area contributed by atoms with Gasteiger partial charge in [-0.15, -0.1) is 0 Å². The third kappa shape index (κ3) is 4.84. The van der Waals surface area contributed by atoms with E-state index in [0.717, 1.165) is 43.2 Å². The third-order valence-electron chi connectivity index (χ3n) is 5.36. The molecule has 3 rings (SSSR count). The maximum absolute atomic E-state index is 12.9. The first-order valence-electron chi connectivity index (χ1n) is 10.1. The van der Waals surface area contributed by atoms with Gasteiger partial charge in [-0.2, -0.15) is 0 Å². The van der Waals surface area contributed by atoms with Crippen LogP contribution in [0.5, 0.6) is 5.75 Å². The molecule has 1 unspecified atom stereocenters. The number of hydrogen-bond acceptors (Lipinski definition) is 4. The van der Waals surface area contributed by atoms with Crippen LogP contribution in [0.2, 0.25) is 0 Å². The van der Waals surface area contributed by atoms with Crippen LogP contribution in [-0.4, -0.2) is 61.6 Å². The van der Waals surface area contributed by atoms with E-state index in [1.807, 2.05) is 56.1 Å². The Balaban J connectivity index is 1.56. The van der Waals surface area contributed by atoms with Crippen molar-refractivity contribution in [3.05, 3.63) is 60.2 Å². The Hall–Kier alpha value is -2.53. The summed E-state index contributed by atoms with van der Waals surface area (Å²) >= 11 is 0.